The van der Waals surface area contributed by atoms with E-state index in [4.69, 9.17) is 5.73 Å². The minimum atomic E-state index is 0.478. The lowest BCUT2D eigenvalue weighted by atomic mass is 10.1. The van der Waals surface area contributed by atoms with E-state index in [2.05, 4.69) is 35.7 Å². The lowest BCUT2D eigenvalue weighted by Gasteiger charge is -2.11. The van der Waals surface area contributed by atoms with Gasteiger partial charge in [0.1, 0.15) is 18.0 Å². The Morgan fingerprint density at radius 3 is 2.83 bits per heavy atom. The molecular formula is C16H16N8. The smallest absolute Gasteiger partial charge is 0.137 e. The van der Waals surface area contributed by atoms with Crippen LogP contribution in [0.1, 0.15) is 5.82 Å². The molecule has 4 rings (SSSR count). The number of nitrogens with one attached hydrogen (secondary N) is 3. The monoisotopic (exact) mass is 320 g/mol. The molecule has 0 amide bonds. The van der Waals surface area contributed by atoms with Gasteiger partial charge in [-0.1, -0.05) is 12.1 Å². The average molecular weight is 320 g/mol. The SMILES string of the molecule is Nc1cc(NCCc2ncn[nH]2)c2ccc(-c3ccn[nH]3)cc2n1. The number of aromatic amines is 2. The molecule has 0 saturated heterocycles. The van der Waals surface area contributed by atoms with Crippen LogP contribution >= 0.6 is 0 Å². The summed E-state index contributed by atoms with van der Waals surface area (Å²) in [6.07, 6.45) is 3.98. The molecule has 3 aromatic heterocycles. The number of benzene rings is 1. The van der Waals surface area contributed by atoms with Gasteiger partial charge in [0.15, 0.2) is 0 Å². The highest BCUT2D eigenvalue weighted by molar-refractivity contribution is 5.95. The van der Waals surface area contributed by atoms with E-state index >= 15 is 0 Å². The number of nitrogens with two attached hydrogens (primary N) is 1. The maximum Gasteiger partial charge on any atom is 0.137 e. The van der Waals surface area contributed by atoms with Crippen LogP contribution in [0.3, 0.4) is 0 Å². The van der Waals surface area contributed by atoms with Gasteiger partial charge in [-0.15, -0.1) is 0 Å². The van der Waals surface area contributed by atoms with Gasteiger partial charge in [-0.2, -0.15) is 10.2 Å². The molecule has 1 aromatic carbocycles. The van der Waals surface area contributed by atoms with Crippen molar-refractivity contribution < 1.29 is 0 Å². The van der Waals surface area contributed by atoms with E-state index < -0.39 is 0 Å². The first-order valence-electron chi connectivity index (χ1n) is 7.58. The van der Waals surface area contributed by atoms with Crippen molar-refractivity contribution in [1.82, 2.24) is 30.4 Å². The van der Waals surface area contributed by atoms with Crippen LogP contribution in [-0.4, -0.2) is 36.9 Å². The number of H-pyrrole nitrogens is 2. The molecule has 0 aliphatic rings. The predicted molar refractivity (Wildman–Crippen MR) is 92.3 cm³/mol. The van der Waals surface area contributed by atoms with Crippen molar-refractivity contribution in [3.63, 3.8) is 0 Å². The molecule has 24 heavy (non-hydrogen) atoms. The van der Waals surface area contributed by atoms with Crippen LogP contribution in [0, 0.1) is 0 Å². The van der Waals surface area contributed by atoms with E-state index in [0.717, 1.165) is 46.6 Å². The summed E-state index contributed by atoms with van der Waals surface area (Å²) in [6.45, 7) is 0.718. The summed E-state index contributed by atoms with van der Waals surface area (Å²) >= 11 is 0. The molecule has 0 radical (unpaired) electrons. The van der Waals surface area contributed by atoms with Crippen molar-refractivity contribution in [2.24, 2.45) is 0 Å². The van der Waals surface area contributed by atoms with E-state index in [-0.39, 0.29) is 0 Å². The van der Waals surface area contributed by atoms with Gasteiger partial charge in [0.25, 0.3) is 0 Å². The van der Waals surface area contributed by atoms with Crippen LogP contribution in [0.15, 0.2) is 42.9 Å². The van der Waals surface area contributed by atoms with E-state index in [1.165, 1.54) is 6.33 Å². The Hall–Kier alpha value is -3.42. The van der Waals surface area contributed by atoms with Crippen LogP contribution in [-0.2, 0) is 6.42 Å². The summed E-state index contributed by atoms with van der Waals surface area (Å²) in [5.74, 6) is 1.32. The minimum absolute atomic E-state index is 0.478. The van der Waals surface area contributed by atoms with Crippen molar-refractivity contribution in [2.45, 2.75) is 6.42 Å². The van der Waals surface area contributed by atoms with Crippen molar-refractivity contribution in [2.75, 3.05) is 17.6 Å². The van der Waals surface area contributed by atoms with E-state index in [1.807, 2.05) is 30.3 Å². The molecule has 120 valence electrons. The lowest BCUT2D eigenvalue weighted by Crippen LogP contribution is -2.07. The first kappa shape index (κ1) is 14.2. The number of nitrogen functional groups attached to an aromatic ring is 1. The molecule has 0 spiro atoms. The minimum Gasteiger partial charge on any atom is -0.384 e. The molecule has 8 nitrogen and oxygen atoms in total. The van der Waals surface area contributed by atoms with Crippen molar-refractivity contribution >= 4 is 22.4 Å². The fourth-order valence-electron chi connectivity index (χ4n) is 2.65. The van der Waals surface area contributed by atoms with Crippen molar-refractivity contribution in [3.8, 4) is 11.3 Å². The summed E-state index contributed by atoms with van der Waals surface area (Å²) in [7, 11) is 0. The summed E-state index contributed by atoms with van der Waals surface area (Å²) in [5.41, 5.74) is 9.71. The van der Waals surface area contributed by atoms with Crippen molar-refractivity contribution in [3.05, 3.63) is 48.7 Å². The van der Waals surface area contributed by atoms with E-state index in [9.17, 15) is 0 Å². The molecular weight excluding hydrogens is 304 g/mol. The molecule has 8 heteroatoms. The van der Waals surface area contributed by atoms with E-state index in [0.29, 0.717) is 5.82 Å². The second-order valence-corrected chi connectivity index (χ2v) is 5.41. The van der Waals surface area contributed by atoms with Crippen LogP contribution in [0.2, 0.25) is 0 Å². The van der Waals surface area contributed by atoms with Gasteiger partial charge in [0.2, 0.25) is 0 Å². The van der Waals surface area contributed by atoms with Gasteiger partial charge in [0, 0.05) is 41.9 Å². The number of pyridine rings is 1. The van der Waals surface area contributed by atoms with Gasteiger partial charge in [0.05, 0.1) is 11.2 Å². The highest BCUT2D eigenvalue weighted by Crippen LogP contribution is 2.28. The third kappa shape index (κ3) is 2.76. The molecule has 0 aliphatic heterocycles. The Morgan fingerprint density at radius 1 is 1.08 bits per heavy atom. The third-order valence-electron chi connectivity index (χ3n) is 3.78. The molecule has 0 aliphatic carbocycles. The topological polar surface area (TPSA) is 121 Å². The van der Waals surface area contributed by atoms with E-state index in [1.54, 1.807) is 6.20 Å². The largest absolute Gasteiger partial charge is 0.384 e. The molecule has 0 fully saturated rings. The van der Waals surface area contributed by atoms with Gasteiger partial charge >= 0.3 is 0 Å². The number of anilines is 2. The van der Waals surface area contributed by atoms with Gasteiger partial charge < -0.3 is 11.1 Å². The summed E-state index contributed by atoms with van der Waals surface area (Å²) < 4.78 is 0. The maximum atomic E-state index is 5.96. The highest BCUT2D eigenvalue weighted by Gasteiger charge is 2.07. The average Bonchev–Trinajstić information content (AvgIpc) is 3.28. The Kier molecular flexibility index (Phi) is 3.54. The standard InChI is InChI=1S/C16H16N8/c17-15-8-13(18-5-4-16-19-9-21-24-16)11-2-1-10(7-14(11)22-15)12-3-6-20-23-12/h1-3,6-9H,4-5H2,(H,20,23)(H3,17,18,22)(H,19,21,24). The first-order valence-corrected chi connectivity index (χ1v) is 7.58. The zero-order chi connectivity index (χ0) is 16.4. The highest BCUT2D eigenvalue weighted by atomic mass is 15.2. The van der Waals surface area contributed by atoms with Crippen LogP contribution in [0.5, 0.6) is 0 Å². The molecule has 4 aromatic rings. The summed E-state index contributed by atoms with van der Waals surface area (Å²) in [4.78, 5) is 8.55. The quantitative estimate of drug-likeness (QED) is 0.446. The molecule has 0 bridgehead atoms. The Balaban J connectivity index is 1.62. The maximum absolute atomic E-state index is 5.96. The first-order chi connectivity index (χ1) is 11.8. The number of fused-ring (bicyclic) bond motifs is 1. The fourth-order valence-corrected chi connectivity index (χ4v) is 2.65. The number of rotatable bonds is 5. The number of aromatic nitrogens is 6. The van der Waals surface area contributed by atoms with Crippen LogP contribution in [0.4, 0.5) is 11.5 Å². The van der Waals surface area contributed by atoms with Gasteiger partial charge in [-0.25, -0.2) is 9.97 Å². The summed E-state index contributed by atoms with van der Waals surface area (Å²) in [6, 6.07) is 9.84. The van der Waals surface area contributed by atoms with Gasteiger partial charge in [-0.05, 0) is 12.1 Å². The Bertz CT molecular complexity index is 944. The fraction of sp³-hybridized carbons (Fsp3) is 0.125. The molecule has 3 heterocycles. The zero-order valence-corrected chi connectivity index (χ0v) is 12.8. The second kappa shape index (κ2) is 5.99. The Labute approximate surface area is 137 Å². The number of nitrogens with zero attached hydrogens (tertiary/aromatic N) is 4. The molecule has 0 saturated carbocycles. The lowest BCUT2D eigenvalue weighted by molar-refractivity contribution is 0.902. The van der Waals surface area contributed by atoms with Gasteiger partial charge in [-0.3, -0.25) is 10.2 Å². The van der Waals surface area contributed by atoms with Crippen LogP contribution < -0.4 is 11.1 Å². The molecule has 5 N–H and O–H groups in total. The second-order valence-electron chi connectivity index (χ2n) is 5.41. The van der Waals surface area contributed by atoms with Crippen LogP contribution in [0.25, 0.3) is 22.2 Å². The molecule has 0 atom stereocenters. The van der Waals surface area contributed by atoms with Crippen molar-refractivity contribution in [1.29, 1.82) is 0 Å². The zero-order valence-electron chi connectivity index (χ0n) is 12.8. The summed E-state index contributed by atoms with van der Waals surface area (Å²) in [5, 5.41) is 18.0. The third-order valence-corrected chi connectivity index (χ3v) is 3.78. The number of hydrogen-bond acceptors (Lipinski definition) is 6. The Morgan fingerprint density at radius 2 is 2.04 bits per heavy atom. The predicted octanol–water partition coefficient (Wildman–Crippen LogP) is 1.98. The number of hydrogen-bond donors (Lipinski definition) is 4. The molecule has 0 unspecified atom stereocenters. The normalized spacial score (nSPS) is 11.0.